The summed E-state index contributed by atoms with van der Waals surface area (Å²) in [4.78, 5) is 16.0. The third-order valence-electron chi connectivity index (χ3n) is 7.26. The van der Waals surface area contributed by atoms with E-state index in [1.165, 1.54) is 4.68 Å². The van der Waals surface area contributed by atoms with Crippen molar-refractivity contribution in [3.05, 3.63) is 112 Å². The van der Waals surface area contributed by atoms with Crippen LogP contribution in [0.1, 0.15) is 41.1 Å². The first-order valence-corrected chi connectivity index (χ1v) is 13.3. The first kappa shape index (κ1) is 25.7. The summed E-state index contributed by atoms with van der Waals surface area (Å²) in [6.45, 7) is 2.23. The van der Waals surface area contributed by atoms with Crippen LogP contribution in [-0.4, -0.2) is 45.3 Å². The lowest BCUT2D eigenvalue weighted by atomic mass is 9.84. The smallest absolute Gasteiger partial charge is 0.254 e. The fourth-order valence-electron chi connectivity index (χ4n) is 5.03. The third kappa shape index (κ3) is 5.81. The van der Waals surface area contributed by atoms with E-state index in [0.717, 1.165) is 35.5 Å². The predicted molar refractivity (Wildman–Crippen MR) is 148 cm³/mol. The molecule has 2 heterocycles. The van der Waals surface area contributed by atoms with Crippen LogP contribution in [0, 0.1) is 0 Å². The van der Waals surface area contributed by atoms with Gasteiger partial charge in [0.25, 0.3) is 5.91 Å². The molecule has 7 heteroatoms. The van der Waals surface area contributed by atoms with Crippen molar-refractivity contribution in [3.8, 4) is 11.3 Å². The highest BCUT2D eigenvalue weighted by Crippen LogP contribution is 2.34. The summed E-state index contributed by atoms with van der Waals surface area (Å²) in [6, 6.07) is 26.9. The van der Waals surface area contributed by atoms with Crippen molar-refractivity contribution in [3.63, 3.8) is 0 Å². The summed E-state index contributed by atoms with van der Waals surface area (Å²) in [5.41, 5.74) is 2.68. The zero-order chi connectivity index (χ0) is 25.8. The van der Waals surface area contributed by atoms with Crippen molar-refractivity contribution < 1.29 is 9.90 Å². The van der Waals surface area contributed by atoms with Gasteiger partial charge in [-0.05, 0) is 55.1 Å². The molecule has 0 aliphatic carbocycles. The number of likely N-dealkylation sites (tertiary alicyclic amines) is 1. The lowest BCUT2D eigenvalue weighted by Crippen LogP contribution is -2.43. The first-order chi connectivity index (χ1) is 17.9. The molecule has 4 aromatic rings. The van der Waals surface area contributed by atoms with Crippen LogP contribution in [-0.2, 0) is 5.60 Å². The van der Waals surface area contributed by atoms with E-state index in [9.17, 15) is 9.90 Å². The molecule has 1 aromatic heterocycles. The van der Waals surface area contributed by atoms with Crippen LogP contribution in [0.5, 0.6) is 0 Å². The summed E-state index contributed by atoms with van der Waals surface area (Å²) in [6.07, 6.45) is 3.63. The highest BCUT2D eigenvalue weighted by atomic mass is 35.5. The zero-order valence-corrected chi connectivity index (χ0v) is 21.9. The molecule has 1 fully saturated rings. The second-order valence-electron chi connectivity index (χ2n) is 9.60. The lowest BCUT2D eigenvalue weighted by Gasteiger charge is -2.39. The number of carbonyl (C=O) groups excluding carboxylic acids is 1. The van der Waals surface area contributed by atoms with E-state index < -0.39 is 11.5 Å². The minimum Gasteiger partial charge on any atom is -0.385 e. The summed E-state index contributed by atoms with van der Waals surface area (Å²) in [5.74, 6) is -0.549. The third-order valence-corrected chi connectivity index (χ3v) is 8.00. The van der Waals surface area contributed by atoms with Crippen molar-refractivity contribution in [2.45, 2.75) is 30.8 Å². The van der Waals surface area contributed by atoms with Crippen LogP contribution >= 0.6 is 23.2 Å². The molecule has 190 valence electrons. The second kappa shape index (κ2) is 11.2. The van der Waals surface area contributed by atoms with Gasteiger partial charge in [-0.1, -0.05) is 89.9 Å². The molecule has 1 N–H and O–H groups in total. The van der Waals surface area contributed by atoms with E-state index in [4.69, 9.17) is 23.2 Å². The number of carbonyl (C=O) groups is 1. The molecular formula is C30H29Cl2N3O2. The van der Waals surface area contributed by atoms with Gasteiger partial charge in [0, 0.05) is 24.8 Å². The Balaban J connectivity index is 1.32. The Kier molecular flexibility index (Phi) is 7.77. The number of aliphatic hydroxyl groups is 1. The number of nitrogens with zero attached hydrogens (tertiary/aromatic N) is 3. The molecule has 1 aliphatic rings. The lowest BCUT2D eigenvalue weighted by molar-refractivity contribution is -0.0263. The standard InChI is InChI=1S/C30H29Cl2N3O2/c31-26-12-11-23(21-27(26)32)25(29(36)35-18-14-28(33-35)22-7-3-1-4-8-22)13-17-34-19-15-30(37,16-20-34)24-9-5-2-6-10-24/h1-12,14,18,21,25,37H,13,15-17,19-20H2. The van der Waals surface area contributed by atoms with Crippen LogP contribution < -0.4 is 0 Å². The molecule has 3 aromatic carbocycles. The molecule has 0 radical (unpaired) electrons. The number of benzene rings is 3. The van der Waals surface area contributed by atoms with E-state index in [1.807, 2.05) is 72.8 Å². The normalized spacial score (nSPS) is 16.4. The van der Waals surface area contributed by atoms with E-state index in [0.29, 0.717) is 35.9 Å². The summed E-state index contributed by atoms with van der Waals surface area (Å²) in [5, 5.41) is 16.6. The maximum atomic E-state index is 13.7. The van der Waals surface area contributed by atoms with Gasteiger partial charge >= 0.3 is 0 Å². The van der Waals surface area contributed by atoms with E-state index in [1.54, 1.807) is 18.3 Å². The summed E-state index contributed by atoms with van der Waals surface area (Å²) < 4.78 is 1.43. The molecule has 1 unspecified atom stereocenters. The molecule has 1 saturated heterocycles. The highest BCUT2D eigenvalue weighted by Gasteiger charge is 2.34. The molecule has 0 amide bonds. The first-order valence-electron chi connectivity index (χ1n) is 12.5. The van der Waals surface area contributed by atoms with Gasteiger partial charge in [-0.25, -0.2) is 4.68 Å². The Morgan fingerprint density at radius 1 is 0.919 bits per heavy atom. The van der Waals surface area contributed by atoms with Crippen LogP contribution in [0.4, 0.5) is 0 Å². The number of piperidine rings is 1. The molecule has 0 spiro atoms. The van der Waals surface area contributed by atoms with Crippen molar-refractivity contribution in [2.75, 3.05) is 19.6 Å². The van der Waals surface area contributed by atoms with Gasteiger partial charge in [0.15, 0.2) is 0 Å². The fourth-order valence-corrected chi connectivity index (χ4v) is 5.33. The van der Waals surface area contributed by atoms with E-state index in [2.05, 4.69) is 10.00 Å². The molecule has 1 aliphatic heterocycles. The minimum absolute atomic E-state index is 0.113. The quantitative estimate of drug-likeness (QED) is 0.288. The number of hydrogen-bond acceptors (Lipinski definition) is 4. The predicted octanol–water partition coefficient (Wildman–Crippen LogP) is 6.65. The molecular weight excluding hydrogens is 505 g/mol. The maximum absolute atomic E-state index is 13.7. The topological polar surface area (TPSA) is 58.4 Å². The monoisotopic (exact) mass is 533 g/mol. The van der Waals surface area contributed by atoms with Crippen molar-refractivity contribution in [1.29, 1.82) is 0 Å². The number of halogens is 2. The maximum Gasteiger partial charge on any atom is 0.254 e. The molecule has 0 bridgehead atoms. The van der Waals surface area contributed by atoms with Gasteiger partial charge in [-0.2, -0.15) is 5.10 Å². The Bertz CT molecular complexity index is 1350. The molecule has 5 rings (SSSR count). The van der Waals surface area contributed by atoms with Crippen molar-refractivity contribution >= 4 is 29.1 Å². The van der Waals surface area contributed by atoms with Gasteiger partial charge in [0.1, 0.15) is 0 Å². The van der Waals surface area contributed by atoms with E-state index >= 15 is 0 Å². The average molecular weight is 534 g/mol. The Hall–Kier alpha value is -2.96. The molecule has 5 nitrogen and oxygen atoms in total. The van der Waals surface area contributed by atoms with Crippen LogP contribution in [0.2, 0.25) is 10.0 Å². The SMILES string of the molecule is O=C(C(CCN1CCC(O)(c2ccccc2)CC1)c1ccc(Cl)c(Cl)c1)n1ccc(-c2ccccc2)n1. The van der Waals surface area contributed by atoms with Gasteiger partial charge in [0.2, 0.25) is 0 Å². The number of aromatic nitrogens is 2. The molecule has 0 saturated carbocycles. The van der Waals surface area contributed by atoms with Crippen molar-refractivity contribution in [1.82, 2.24) is 14.7 Å². The summed E-state index contributed by atoms with van der Waals surface area (Å²) >= 11 is 12.5. The number of rotatable bonds is 7. The molecule has 1 atom stereocenters. The van der Waals surface area contributed by atoms with Crippen molar-refractivity contribution in [2.24, 2.45) is 0 Å². The summed E-state index contributed by atoms with van der Waals surface area (Å²) in [7, 11) is 0. The fraction of sp³-hybridized carbons (Fsp3) is 0.267. The number of hydrogen-bond donors (Lipinski definition) is 1. The minimum atomic E-state index is -0.806. The molecule has 37 heavy (non-hydrogen) atoms. The largest absolute Gasteiger partial charge is 0.385 e. The van der Waals surface area contributed by atoms with Gasteiger partial charge in [0.05, 0.1) is 27.3 Å². The van der Waals surface area contributed by atoms with E-state index in [-0.39, 0.29) is 5.91 Å². The highest BCUT2D eigenvalue weighted by molar-refractivity contribution is 6.42. The van der Waals surface area contributed by atoms with Gasteiger partial charge in [-0.15, -0.1) is 0 Å². The van der Waals surface area contributed by atoms with Crippen LogP contribution in [0.15, 0.2) is 91.1 Å². The Labute approximate surface area is 227 Å². The zero-order valence-electron chi connectivity index (χ0n) is 20.4. The van der Waals surface area contributed by atoms with Crippen LogP contribution in [0.25, 0.3) is 11.3 Å². The van der Waals surface area contributed by atoms with Crippen LogP contribution in [0.3, 0.4) is 0 Å². The Morgan fingerprint density at radius 2 is 1.59 bits per heavy atom. The second-order valence-corrected chi connectivity index (χ2v) is 10.4. The average Bonchev–Trinajstić information content (AvgIpc) is 3.43. The Morgan fingerprint density at radius 3 is 2.27 bits per heavy atom. The van der Waals surface area contributed by atoms with Gasteiger partial charge < -0.3 is 10.0 Å². The van der Waals surface area contributed by atoms with Gasteiger partial charge in [-0.3, -0.25) is 4.79 Å².